The van der Waals surface area contributed by atoms with Gasteiger partial charge in [0.05, 0.1) is 0 Å². The lowest BCUT2D eigenvalue weighted by Crippen LogP contribution is -2.29. The van der Waals surface area contributed by atoms with Crippen molar-refractivity contribution in [3.63, 3.8) is 0 Å². The summed E-state index contributed by atoms with van der Waals surface area (Å²) in [6.45, 7) is 4.41. The molecule has 0 saturated carbocycles. The van der Waals surface area contributed by atoms with E-state index in [9.17, 15) is 4.21 Å². The molecule has 1 aliphatic rings. The molecule has 1 fully saturated rings. The van der Waals surface area contributed by atoms with E-state index in [4.69, 9.17) is 0 Å². The third-order valence-corrected chi connectivity index (χ3v) is 4.72. The Morgan fingerprint density at radius 3 is 2.29 bits per heavy atom. The summed E-state index contributed by atoms with van der Waals surface area (Å²) < 4.78 is 11.3. The second-order valence-corrected chi connectivity index (χ2v) is 6.74. The lowest BCUT2D eigenvalue weighted by molar-refractivity contribution is 0.624. The summed E-state index contributed by atoms with van der Waals surface area (Å²) in [5.74, 6) is 2.28. The first-order chi connectivity index (χ1) is 8.15. The summed E-state index contributed by atoms with van der Waals surface area (Å²) in [5.41, 5.74) is 2.56. The van der Waals surface area contributed by atoms with Crippen LogP contribution < -0.4 is 5.32 Å². The zero-order valence-electron chi connectivity index (χ0n) is 10.6. The van der Waals surface area contributed by atoms with Gasteiger partial charge in [-0.1, -0.05) is 26.0 Å². The number of hydrogen-bond donors (Lipinski definition) is 1. The van der Waals surface area contributed by atoms with E-state index >= 15 is 0 Å². The summed E-state index contributed by atoms with van der Waals surface area (Å²) in [7, 11) is -0.569. The van der Waals surface area contributed by atoms with E-state index in [2.05, 4.69) is 43.4 Å². The molecule has 0 aliphatic carbocycles. The Bertz CT molecular complexity index is 376. The molecule has 1 aliphatic heterocycles. The predicted molar refractivity (Wildman–Crippen MR) is 75.1 cm³/mol. The molecule has 0 radical (unpaired) electrons. The van der Waals surface area contributed by atoms with Gasteiger partial charge in [0.15, 0.2) is 0 Å². The van der Waals surface area contributed by atoms with Crippen molar-refractivity contribution >= 4 is 16.5 Å². The molecule has 2 nitrogen and oxygen atoms in total. The zero-order chi connectivity index (χ0) is 12.3. The van der Waals surface area contributed by atoms with Crippen molar-refractivity contribution in [2.45, 2.75) is 38.6 Å². The number of benzene rings is 1. The van der Waals surface area contributed by atoms with E-state index in [-0.39, 0.29) is 0 Å². The fourth-order valence-corrected chi connectivity index (χ4v) is 3.44. The van der Waals surface area contributed by atoms with Crippen LogP contribution in [0.2, 0.25) is 0 Å². The van der Waals surface area contributed by atoms with Gasteiger partial charge in [0.1, 0.15) is 0 Å². The molecule has 1 heterocycles. The van der Waals surface area contributed by atoms with Crippen LogP contribution in [-0.2, 0) is 10.8 Å². The SMILES string of the molecule is CC(C)c1ccc(NC2CCS(=O)CC2)cc1. The van der Waals surface area contributed by atoms with Crippen LogP contribution in [0.4, 0.5) is 5.69 Å². The van der Waals surface area contributed by atoms with Crippen LogP contribution >= 0.6 is 0 Å². The van der Waals surface area contributed by atoms with Crippen LogP contribution in [0.15, 0.2) is 24.3 Å². The molecule has 1 aromatic carbocycles. The maximum atomic E-state index is 11.3. The van der Waals surface area contributed by atoms with E-state index in [1.165, 1.54) is 11.3 Å². The van der Waals surface area contributed by atoms with Gasteiger partial charge in [-0.2, -0.15) is 0 Å². The van der Waals surface area contributed by atoms with Gasteiger partial charge < -0.3 is 5.32 Å². The maximum Gasteiger partial charge on any atom is 0.0342 e. The summed E-state index contributed by atoms with van der Waals surface area (Å²) >= 11 is 0. The van der Waals surface area contributed by atoms with E-state index < -0.39 is 10.8 Å². The monoisotopic (exact) mass is 251 g/mol. The zero-order valence-corrected chi connectivity index (χ0v) is 11.4. The molecule has 0 unspecified atom stereocenters. The van der Waals surface area contributed by atoms with Gasteiger partial charge in [0.25, 0.3) is 0 Å². The number of nitrogens with one attached hydrogen (secondary N) is 1. The summed E-state index contributed by atoms with van der Waals surface area (Å²) in [5, 5.41) is 3.53. The van der Waals surface area contributed by atoms with Crippen LogP contribution in [0, 0.1) is 0 Å². The van der Waals surface area contributed by atoms with Crippen molar-refractivity contribution in [3.8, 4) is 0 Å². The Labute approximate surface area is 106 Å². The average molecular weight is 251 g/mol. The van der Waals surface area contributed by atoms with Gasteiger partial charge >= 0.3 is 0 Å². The largest absolute Gasteiger partial charge is 0.382 e. The molecule has 0 amide bonds. The quantitative estimate of drug-likeness (QED) is 0.894. The van der Waals surface area contributed by atoms with Crippen LogP contribution in [-0.4, -0.2) is 21.8 Å². The third-order valence-electron chi connectivity index (χ3n) is 3.34. The van der Waals surface area contributed by atoms with Crippen molar-refractivity contribution in [1.29, 1.82) is 0 Å². The van der Waals surface area contributed by atoms with Crippen LogP contribution in [0.25, 0.3) is 0 Å². The molecule has 0 bridgehead atoms. The Balaban J connectivity index is 1.92. The number of hydrogen-bond acceptors (Lipinski definition) is 2. The van der Waals surface area contributed by atoms with Crippen LogP contribution in [0.1, 0.15) is 38.2 Å². The Morgan fingerprint density at radius 1 is 1.18 bits per heavy atom. The molecular formula is C14H21NOS. The van der Waals surface area contributed by atoms with Gasteiger partial charge in [-0.25, -0.2) is 0 Å². The molecule has 94 valence electrons. The Kier molecular flexibility index (Phi) is 4.21. The van der Waals surface area contributed by atoms with Crippen molar-refractivity contribution in [1.82, 2.24) is 0 Å². The van der Waals surface area contributed by atoms with Crippen molar-refractivity contribution in [2.75, 3.05) is 16.8 Å². The van der Waals surface area contributed by atoms with Crippen molar-refractivity contribution in [3.05, 3.63) is 29.8 Å². The maximum absolute atomic E-state index is 11.3. The van der Waals surface area contributed by atoms with Crippen LogP contribution in [0.3, 0.4) is 0 Å². The molecule has 3 heteroatoms. The fourth-order valence-electron chi connectivity index (χ4n) is 2.14. The number of anilines is 1. The predicted octanol–water partition coefficient (Wildman–Crippen LogP) is 3.13. The fraction of sp³-hybridized carbons (Fsp3) is 0.571. The lowest BCUT2D eigenvalue weighted by Gasteiger charge is -2.23. The Hall–Kier alpha value is -0.830. The third kappa shape index (κ3) is 3.56. The van der Waals surface area contributed by atoms with Crippen molar-refractivity contribution in [2.24, 2.45) is 0 Å². The second-order valence-electron chi connectivity index (χ2n) is 5.04. The molecule has 1 saturated heterocycles. The molecular weight excluding hydrogens is 230 g/mol. The molecule has 0 atom stereocenters. The number of rotatable bonds is 3. The summed E-state index contributed by atoms with van der Waals surface area (Å²) in [4.78, 5) is 0. The van der Waals surface area contributed by atoms with Gasteiger partial charge in [0, 0.05) is 34.0 Å². The molecule has 1 aromatic rings. The summed E-state index contributed by atoms with van der Waals surface area (Å²) in [6.07, 6.45) is 2.05. The minimum Gasteiger partial charge on any atom is -0.382 e. The Morgan fingerprint density at radius 2 is 1.76 bits per heavy atom. The topological polar surface area (TPSA) is 29.1 Å². The molecule has 1 N–H and O–H groups in total. The standard InChI is InChI=1S/C14H21NOS/c1-11(2)12-3-5-13(6-4-12)15-14-7-9-17(16)10-8-14/h3-6,11,14-15H,7-10H2,1-2H3. The molecule has 2 rings (SSSR count). The van der Waals surface area contributed by atoms with Crippen LogP contribution in [0.5, 0.6) is 0 Å². The normalized spacial score (nSPS) is 24.9. The summed E-state index contributed by atoms with van der Waals surface area (Å²) in [6, 6.07) is 9.18. The van der Waals surface area contributed by atoms with E-state index in [1.54, 1.807) is 0 Å². The van der Waals surface area contributed by atoms with E-state index in [0.717, 1.165) is 24.3 Å². The minimum absolute atomic E-state index is 0.498. The van der Waals surface area contributed by atoms with Gasteiger partial charge in [0.2, 0.25) is 0 Å². The molecule has 0 aromatic heterocycles. The van der Waals surface area contributed by atoms with Crippen molar-refractivity contribution < 1.29 is 4.21 Å². The minimum atomic E-state index is -0.569. The molecule has 0 spiro atoms. The van der Waals surface area contributed by atoms with E-state index in [0.29, 0.717) is 12.0 Å². The van der Waals surface area contributed by atoms with Gasteiger partial charge in [-0.05, 0) is 36.5 Å². The lowest BCUT2D eigenvalue weighted by atomic mass is 10.0. The first-order valence-electron chi connectivity index (χ1n) is 6.36. The first kappa shape index (κ1) is 12.6. The average Bonchev–Trinajstić information content (AvgIpc) is 2.33. The second kappa shape index (κ2) is 5.67. The highest BCUT2D eigenvalue weighted by atomic mass is 32.2. The first-order valence-corrected chi connectivity index (χ1v) is 7.85. The van der Waals surface area contributed by atoms with E-state index in [1.807, 2.05) is 0 Å². The van der Waals surface area contributed by atoms with Gasteiger partial charge in [-0.15, -0.1) is 0 Å². The highest BCUT2D eigenvalue weighted by Crippen LogP contribution is 2.20. The highest BCUT2D eigenvalue weighted by molar-refractivity contribution is 7.85. The highest BCUT2D eigenvalue weighted by Gasteiger charge is 2.17. The van der Waals surface area contributed by atoms with Gasteiger partial charge in [-0.3, -0.25) is 4.21 Å². The molecule has 17 heavy (non-hydrogen) atoms. The smallest absolute Gasteiger partial charge is 0.0342 e.